The van der Waals surface area contributed by atoms with Gasteiger partial charge in [-0.05, 0) is 87.5 Å². The van der Waals surface area contributed by atoms with Crippen molar-refractivity contribution < 1.29 is 15.3 Å². The Kier molecular flexibility index (Phi) is 7.01. The highest BCUT2D eigenvalue weighted by Crippen LogP contribution is 2.58. The van der Waals surface area contributed by atoms with E-state index in [4.69, 9.17) is 0 Å². The fourth-order valence-corrected chi connectivity index (χ4v) is 5.71. The summed E-state index contributed by atoms with van der Waals surface area (Å²) in [5.74, 6) is 1.38. The minimum absolute atomic E-state index is 0.255. The van der Waals surface area contributed by atoms with Gasteiger partial charge in [0.25, 0.3) is 0 Å². The van der Waals surface area contributed by atoms with Crippen molar-refractivity contribution in [1.29, 1.82) is 0 Å². The number of fused-ring (bicyclic) bond motifs is 1. The number of aliphatic hydroxyl groups excluding tert-OH is 3. The van der Waals surface area contributed by atoms with Crippen LogP contribution in [0.15, 0.2) is 47.6 Å². The van der Waals surface area contributed by atoms with Gasteiger partial charge in [-0.2, -0.15) is 0 Å². The van der Waals surface area contributed by atoms with Crippen LogP contribution in [0.25, 0.3) is 0 Å². The highest BCUT2D eigenvalue weighted by atomic mass is 16.3. The lowest BCUT2D eigenvalue weighted by atomic mass is 9.63. The summed E-state index contributed by atoms with van der Waals surface area (Å²) in [5.41, 5.74) is 3.61. The number of aliphatic hydroxyl groups is 3. The molecule has 3 aliphatic rings. The van der Waals surface area contributed by atoms with Crippen LogP contribution in [0.2, 0.25) is 0 Å². The van der Waals surface area contributed by atoms with Crippen molar-refractivity contribution >= 4 is 0 Å². The predicted molar refractivity (Wildman–Crippen MR) is 115 cm³/mol. The van der Waals surface area contributed by atoms with E-state index in [1.165, 1.54) is 32.1 Å². The molecule has 3 N–H and O–H groups in total. The number of allylic oxidation sites excluding steroid dienone is 4. The summed E-state index contributed by atoms with van der Waals surface area (Å²) in [7, 11) is 0. The maximum atomic E-state index is 10.1. The second kappa shape index (κ2) is 9.11. The fourth-order valence-electron chi connectivity index (χ4n) is 5.71. The maximum Gasteiger partial charge on any atom is 0.0809 e. The Bertz CT molecular complexity index is 641. The standard InChI is InChI=1S/C25H38O3/c1-17(26)7-4-5-9-21-12-13-22-20(8-6-14-25(21,22)3)11-10-19-15-23(27)18(2)24(28)16-19/h4-5,10-11,17,21-24,26-28H,2,6-9,12-16H2,1,3H3/b5-4+,20-11+/t17-,21?,22?,23+,24+,25?/m0/s1. The van der Waals surface area contributed by atoms with Crippen molar-refractivity contribution in [2.45, 2.75) is 89.9 Å². The molecule has 0 heterocycles. The first-order valence-electron chi connectivity index (χ1n) is 11.1. The normalized spacial score (nSPS) is 38.8. The van der Waals surface area contributed by atoms with Crippen molar-refractivity contribution in [2.24, 2.45) is 17.3 Å². The Morgan fingerprint density at radius 2 is 1.86 bits per heavy atom. The average Bonchev–Trinajstić information content (AvgIpc) is 2.98. The lowest BCUT2D eigenvalue weighted by Gasteiger charge is -2.42. The van der Waals surface area contributed by atoms with Gasteiger partial charge in [0.05, 0.1) is 18.3 Å². The Morgan fingerprint density at radius 1 is 1.14 bits per heavy atom. The second-order valence-electron chi connectivity index (χ2n) is 9.56. The van der Waals surface area contributed by atoms with Gasteiger partial charge >= 0.3 is 0 Å². The number of hydrogen-bond donors (Lipinski definition) is 3. The van der Waals surface area contributed by atoms with Crippen molar-refractivity contribution in [3.05, 3.63) is 47.6 Å². The Balaban J connectivity index is 1.68. The molecule has 156 valence electrons. The van der Waals surface area contributed by atoms with Crippen molar-refractivity contribution in [3.63, 3.8) is 0 Å². The second-order valence-corrected chi connectivity index (χ2v) is 9.56. The molecule has 3 aliphatic carbocycles. The van der Waals surface area contributed by atoms with Crippen LogP contribution in [0.5, 0.6) is 0 Å². The molecule has 3 saturated carbocycles. The zero-order valence-electron chi connectivity index (χ0n) is 17.6. The molecule has 3 heteroatoms. The average molecular weight is 387 g/mol. The van der Waals surface area contributed by atoms with Crippen LogP contribution in [-0.2, 0) is 0 Å². The molecule has 3 nitrogen and oxygen atoms in total. The first-order valence-corrected chi connectivity index (χ1v) is 11.1. The molecule has 0 aromatic heterocycles. The van der Waals surface area contributed by atoms with Crippen molar-refractivity contribution in [2.75, 3.05) is 0 Å². The van der Waals surface area contributed by atoms with Crippen LogP contribution in [0, 0.1) is 17.3 Å². The number of hydrogen-bond acceptors (Lipinski definition) is 3. The minimum Gasteiger partial charge on any atom is -0.393 e. The van der Waals surface area contributed by atoms with E-state index >= 15 is 0 Å². The van der Waals surface area contributed by atoms with Crippen LogP contribution >= 0.6 is 0 Å². The monoisotopic (exact) mass is 386 g/mol. The molecular formula is C25H38O3. The van der Waals surface area contributed by atoms with Gasteiger partial charge in [0, 0.05) is 0 Å². The molecule has 0 bridgehead atoms. The molecule has 3 fully saturated rings. The zero-order chi connectivity index (χ0) is 20.3. The van der Waals surface area contributed by atoms with Gasteiger partial charge < -0.3 is 15.3 Å². The Hall–Kier alpha value is -1.16. The lowest BCUT2D eigenvalue weighted by molar-refractivity contribution is 0.123. The smallest absolute Gasteiger partial charge is 0.0809 e. The lowest BCUT2D eigenvalue weighted by Crippen LogP contribution is -2.33. The molecule has 3 rings (SSSR count). The molecule has 0 aromatic carbocycles. The summed E-state index contributed by atoms with van der Waals surface area (Å²) < 4.78 is 0. The van der Waals surface area contributed by atoms with E-state index in [-0.39, 0.29) is 6.10 Å². The van der Waals surface area contributed by atoms with E-state index in [9.17, 15) is 15.3 Å². The van der Waals surface area contributed by atoms with Gasteiger partial charge in [0.2, 0.25) is 0 Å². The third-order valence-corrected chi connectivity index (χ3v) is 7.53. The molecule has 0 saturated heterocycles. The molecule has 6 atom stereocenters. The van der Waals surface area contributed by atoms with Crippen molar-refractivity contribution in [1.82, 2.24) is 0 Å². The first kappa shape index (κ1) is 21.5. The van der Waals surface area contributed by atoms with Gasteiger partial charge in [-0.25, -0.2) is 0 Å². The van der Waals surface area contributed by atoms with E-state index in [2.05, 4.69) is 37.8 Å². The van der Waals surface area contributed by atoms with E-state index in [1.54, 1.807) is 5.57 Å². The van der Waals surface area contributed by atoms with Crippen LogP contribution in [-0.4, -0.2) is 33.6 Å². The van der Waals surface area contributed by atoms with E-state index in [0.29, 0.717) is 29.7 Å². The van der Waals surface area contributed by atoms with Crippen LogP contribution in [0.1, 0.15) is 71.6 Å². The van der Waals surface area contributed by atoms with E-state index in [0.717, 1.165) is 24.3 Å². The summed E-state index contributed by atoms with van der Waals surface area (Å²) >= 11 is 0. The summed E-state index contributed by atoms with van der Waals surface area (Å²) in [6.45, 7) is 8.12. The van der Waals surface area contributed by atoms with Crippen molar-refractivity contribution in [3.8, 4) is 0 Å². The number of rotatable bonds is 5. The van der Waals surface area contributed by atoms with Gasteiger partial charge in [-0.3, -0.25) is 0 Å². The predicted octanol–water partition coefficient (Wildman–Crippen LogP) is 4.84. The Morgan fingerprint density at radius 3 is 2.54 bits per heavy atom. The largest absolute Gasteiger partial charge is 0.393 e. The molecule has 28 heavy (non-hydrogen) atoms. The molecule has 0 spiro atoms. The summed E-state index contributed by atoms with van der Waals surface area (Å²) in [4.78, 5) is 0. The van der Waals surface area contributed by atoms with Gasteiger partial charge in [0.1, 0.15) is 0 Å². The van der Waals surface area contributed by atoms with Gasteiger partial charge in [-0.15, -0.1) is 0 Å². The highest BCUT2D eigenvalue weighted by Gasteiger charge is 2.48. The molecule has 0 radical (unpaired) electrons. The topological polar surface area (TPSA) is 60.7 Å². The van der Waals surface area contributed by atoms with Crippen LogP contribution in [0.3, 0.4) is 0 Å². The van der Waals surface area contributed by atoms with Crippen LogP contribution < -0.4 is 0 Å². The summed E-state index contributed by atoms with van der Waals surface area (Å²) in [5, 5.41) is 29.6. The quantitative estimate of drug-likeness (QED) is 0.592. The van der Waals surface area contributed by atoms with E-state index < -0.39 is 12.2 Å². The summed E-state index contributed by atoms with van der Waals surface area (Å²) in [6.07, 6.45) is 16.7. The maximum absolute atomic E-state index is 10.1. The van der Waals surface area contributed by atoms with E-state index in [1.807, 2.05) is 6.92 Å². The fraction of sp³-hybridized carbons (Fsp3) is 0.680. The van der Waals surface area contributed by atoms with Gasteiger partial charge in [-0.1, -0.05) is 49.0 Å². The third-order valence-electron chi connectivity index (χ3n) is 7.53. The molecule has 0 amide bonds. The SMILES string of the molecule is C=C1[C@H](O)CC(=C/C=C2\CCCC3(C)C(C/C=C/C[C@H](C)O)CCC23)C[C@H]1O. The van der Waals surface area contributed by atoms with Gasteiger partial charge in [0.15, 0.2) is 0 Å². The summed E-state index contributed by atoms with van der Waals surface area (Å²) in [6, 6.07) is 0. The minimum atomic E-state index is -0.616. The zero-order valence-corrected chi connectivity index (χ0v) is 17.6. The van der Waals surface area contributed by atoms with Crippen LogP contribution in [0.4, 0.5) is 0 Å². The first-order chi connectivity index (χ1) is 13.3. The molecule has 0 aromatic rings. The highest BCUT2D eigenvalue weighted by molar-refractivity contribution is 5.29. The molecule has 0 aliphatic heterocycles. The molecule has 3 unspecified atom stereocenters. The Labute approximate surface area is 170 Å². The third kappa shape index (κ3) is 4.69. The molecular weight excluding hydrogens is 348 g/mol.